The molecule has 0 saturated carbocycles. The summed E-state index contributed by atoms with van der Waals surface area (Å²) in [7, 11) is 0. The molecule has 2 nitrogen and oxygen atoms in total. The predicted molar refractivity (Wildman–Crippen MR) is 60.1 cm³/mol. The molecule has 1 aromatic carbocycles. The van der Waals surface area contributed by atoms with Crippen molar-refractivity contribution in [2.45, 2.75) is 33.1 Å². The van der Waals surface area contributed by atoms with Crippen LogP contribution in [0.5, 0.6) is 0 Å². The van der Waals surface area contributed by atoms with Crippen molar-refractivity contribution in [3.63, 3.8) is 0 Å². The second-order valence-corrected chi connectivity index (χ2v) is 3.81. The monoisotopic (exact) mass is 204 g/mol. The molecule has 0 N–H and O–H groups in total. The molecule has 1 rings (SSSR count). The topological polar surface area (TPSA) is 34.1 Å². The third kappa shape index (κ3) is 4.07. The summed E-state index contributed by atoms with van der Waals surface area (Å²) < 4.78 is 0. The van der Waals surface area contributed by atoms with E-state index in [1.54, 1.807) is 13.8 Å². The molecule has 0 unspecified atom stereocenters. The van der Waals surface area contributed by atoms with Gasteiger partial charge in [-0.1, -0.05) is 18.2 Å². The molecule has 0 atom stereocenters. The summed E-state index contributed by atoms with van der Waals surface area (Å²) in [5.74, 6) is 0.307. The minimum atomic E-state index is 0.0865. The maximum Gasteiger partial charge on any atom is 0.159 e. The van der Waals surface area contributed by atoms with Crippen LogP contribution in [0.2, 0.25) is 0 Å². The van der Waals surface area contributed by atoms with Gasteiger partial charge in [0.1, 0.15) is 5.78 Å². The number of Topliss-reactive ketones (excluding diaryl/α,β-unsaturated/α-hetero) is 2. The lowest BCUT2D eigenvalue weighted by atomic mass is 10.0. The third-order valence-electron chi connectivity index (χ3n) is 2.33. The van der Waals surface area contributed by atoms with Crippen LogP contribution in [0.25, 0.3) is 0 Å². The lowest BCUT2D eigenvalue weighted by Gasteiger charge is -2.02. The van der Waals surface area contributed by atoms with E-state index in [-0.39, 0.29) is 11.6 Å². The molecule has 0 spiro atoms. The highest BCUT2D eigenvalue weighted by Crippen LogP contribution is 2.09. The van der Waals surface area contributed by atoms with Crippen molar-refractivity contribution in [3.05, 3.63) is 35.4 Å². The SMILES string of the molecule is CC(=O)CCCc1cccc(C(C)=O)c1. The average molecular weight is 204 g/mol. The first kappa shape index (κ1) is 11.6. The fraction of sp³-hybridized carbons (Fsp3) is 0.385. The average Bonchev–Trinajstić information content (AvgIpc) is 2.17. The molecule has 2 heteroatoms. The summed E-state index contributed by atoms with van der Waals surface area (Å²) in [6.07, 6.45) is 2.34. The van der Waals surface area contributed by atoms with Crippen molar-refractivity contribution in [2.24, 2.45) is 0 Å². The van der Waals surface area contributed by atoms with Crippen LogP contribution < -0.4 is 0 Å². The van der Waals surface area contributed by atoms with E-state index in [4.69, 9.17) is 0 Å². The molecule has 0 aliphatic rings. The fourth-order valence-electron chi connectivity index (χ4n) is 1.49. The Morgan fingerprint density at radius 3 is 2.53 bits per heavy atom. The van der Waals surface area contributed by atoms with Gasteiger partial charge in [0.15, 0.2) is 5.78 Å². The van der Waals surface area contributed by atoms with Gasteiger partial charge in [0.25, 0.3) is 0 Å². The van der Waals surface area contributed by atoms with E-state index < -0.39 is 0 Å². The highest BCUT2D eigenvalue weighted by atomic mass is 16.1. The zero-order valence-corrected chi connectivity index (χ0v) is 9.25. The molecule has 0 fully saturated rings. The molecule has 0 radical (unpaired) electrons. The number of rotatable bonds is 5. The van der Waals surface area contributed by atoms with Gasteiger partial charge in [-0.25, -0.2) is 0 Å². The molecule has 15 heavy (non-hydrogen) atoms. The van der Waals surface area contributed by atoms with Gasteiger partial charge in [-0.15, -0.1) is 0 Å². The van der Waals surface area contributed by atoms with Crippen molar-refractivity contribution in [1.82, 2.24) is 0 Å². The van der Waals surface area contributed by atoms with E-state index in [9.17, 15) is 9.59 Å². The van der Waals surface area contributed by atoms with E-state index in [2.05, 4.69) is 0 Å². The fourth-order valence-corrected chi connectivity index (χ4v) is 1.49. The highest BCUT2D eigenvalue weighted by molar-refractivity contribution is 5.94. The number of hydrogen-bond acceptors (Lipinski definition) is 2. The number of benzene rings is 1. The number of carbonyl (C=O) groups excluding carboxylic acids is 2. The molecule has 1 aromatic rings. The molecule has 0 bridgehead atoms. The molecular formula is C13H16O2. The minimum Gasteiger partial charge on any atom is -0.300 e. The molecule has 0 aliphatic carbocycles. The smallest absolute Gasteiger partial charge is 0.159 e. The van der Waals surface area contributed by atoms with E-state index in [0.717, 1.165) is 24.0 Å². The third-order valence-corrected chi connectivity index (χ3v) is 2.33. The largest absolute Gasteiger partial charge is 0.300 e. The number of carbonyl (C=O) groups is 2. The van der Waals surface area contributed by atoms with Crippen LogP contribution in [0.4, 0.5) is 0 Å². The van der Waals surface area contributed by atoms with E-state index in [0.29, 0.717) is 6.42 Å². The molecule has 0 amide bonds. The number of hydrogen-bond donors (Lipinski definition) is 0. The van der Waals surface area contributed by atoms with Gasteiger partial charge in [0, 0.05) is 12.0 Å². The van der Waals surface area contributed by atoms with Crippen molar-refractivity contribution in [1.29, 1.82) is 0 Å². The molecule has 80 valence electrons. The van der Waals surface area contributed by atoms with Crippen molar-refractivity contribution < 1.29 is 9.59 Å². The lowest BCUT2D eigenvalue weighted by Crippen LogP contribution is -1.96. The molecule has 0 heterocycles. The van der Waals surface area contributed by atoms with Crippen molar-refractivity contribution in [3.8, 4) is 0 Å². The van der Waals surface area contributed by atoms with E-state index in [1.165, 1.54) is 0 Å². The van der Waals surface area contributed by atoms with Crippen LogP contribution in [0.15, 0.2) is 24.3 Å². The van der Waals surface area contributed by atoms with Crippen molar-refractivity contribution >= 4 is 11.6 Å². The second kappa shape index (κ2) is 5.44. The Balaban J connectivity index is 2.58. The van der Waals surface area contributed by atoms with Gasteiger partial charge in [0.05, 0.1) is 0 Å². The van der Waals surface area contributed by atoms with Gasteiger partial charge in [0.2, 0.25) is 0 Å². The Hall–Kier alpha value is -1.44. The standard InChI is InChI=1S/C13H16O2/c1-10(14)5-3-6-12-7-4-8-13(9-12)11(2)15/h4,7-9H,3,5-6H2,1-2H3. The normalized spacial score (nSPS) is 10.0. The Morgan fingerprint density at radius 1 is 1.20 bits per heavy atom. The van der Waals surface area contributed by atoms with Crippen LogP contribution in [0.3, 0.4) is 0 Å². The quantitative estimate of drug-likeness (QED) is 0.691. The Labute approximate surface area is 90.3 Å². The maximum absolute atomic E-state index is 11.1. The Kier molecular flexibility index (Phi) is 4.22. The summed E-state index contributed by atoms with van der Waals surface area (Å²) in [6, 6.07) is 7.60. The van der Waals surface area contributed by atoms with Crippen LogP contribution in [-0.4, -0.2) is 11.6 Å². The summed E-state index contributed by atoms with van der Waals surface area (Å²) >= 11 is 0. The maximum atomic E-state index is 11.1. The molecule has 0 aromatic heterocycles. The van der Waals surface area contributed by atoms with E-state index in [1.807, 2.05) is 24.3 Å². The van der Waals surface area contributed by atoms with Crippen LogP contribution in [0.1, 0.15) is 42.6 Å². The number of aryl methyl sites for hydroxylation is 1. The van der Waals surface area contributed by atoms with Gasteiger partial charge in [-0.2, -0.15) is 0 Å². The van der Waals surface area contributed by atoms with Crippen molar-refractivity contribution in [2.75, 3.05) is 0 Å². The number of ketones is 2. The zero-order chi connectivity index (χ0) is 11.3. The van der Waals surface area contributed by atoms with Gasteiger partial charge in [-0.3, -0.25) is 4.79 Å². The van der Waals surface area contributed by atoms with Crippen LogP contribution >= 0.6 is 0 Å². The summed E-state index contributed by atoms with van der Waals surface area (Å²) in [5.41, 5.74) is 1.87. The van der Waals surface area contributed by atoms with Crippen LogP contribution in [-0.2, 0) is 11.2 Å². The first-order chi connectivity index (χ1) is 7.09. The molecule has 0 saturated heterocycles. The summed E-state index contributed by atoms with van der Waals surface area (Å²) in [4.78, 5) is 21.9. The minimum absolute atomic E-state index is 0.0865. The van der Waals surface area contributed by atoms with Gasteiger partial charge >= 0.3 is 0 Å². The second-order valence-electron chi connectivity index (χ2n) is 3.81. The molecule has 0 aliphatic heterocycles. The highest BCUT2D eigenvalue weighted by Gasteiger charge is 2.01. The first-order valence-electron chi connectivity index (χ1n) is 5.19. The Bertz CT molecular complexity index is 367. The summed E-state index contributed by atoms with van der Waals surface area (Å²) in [6.45, 7) is 3.17. The summed E-state index contributed by atoms with van der Waals surface area (Å²) in [5, 5.41) is 0. The predicted octanol–water partition coefficient (Wildman–Crippen LogP) is 2.80. The van der Waals surface area contributed by atoms with E-state index >= 15 is 0 Å². The van der Waals surface area contributed by atoms with Gasteiger partial charge in [-0.05, 0) is 38.3 Å². The van der Waals surface area contributed by atoms with Gasteiger partial charge < -0.3 is 4.79 Å². The van der Waals surface area contributed by atoms with Crippen LogP contribution in [0, 0.1) is 0 Å². The zero-order valence-electron chi connectivity index (χ0n) is 9.25. The molecular weight excluding hydrogens is 188 g/mol. The lowest BCUT2D eigenvalue weighted by molar-refractivity contribution is -0.117. The Morgan fingerprint density at radius 2 is 1.93 bits per heavy atom. The first-order valence-corrected chi connectivity index (χ1v) is 5.19.